The second-order valence-electron chi connectivity index (χ2n) is 5.01. The van der Waals surface area contributed by atoms with E-state index in [9.17, 15) is 10.1 Å². The van der Waals surface area contributed by atoms with Crippen molar-refractivity contribution in [2.45, 2.75) is 13.0 Å². The molecule has 0 aromatic heterocycles. The second-order valence-corrected chi connectivity index (χ2v) is 5.93. The smallest absolute Gasteiger partial charge is 0.275 e. The SMILES string of the molecule is O=[N+]([O-])c1cc(Br)ccc1CNCCCN1CCOCC1. The number of hydrogen-bond donors (Lipinski definition) is 1. The first-order valence-corrected chi connectivity index (χ1v) is 7.90. The molecule has 21 heavy (non-hydrogen) atoms. The fraction of sp³-hybridized carbons (Fsp3) is 0.571. The van der Waals surface area contributed by atoms with Gasteiger partial charge in [-0.2, -0.15) is 0 Å². The zero-order chi connectivity index (χ0) is 15.1. The van der Waals surface area contributed by atoms with E-state index in [0.29, 0.717) is 6.54 Å². The van der Waals surface area contributed by atoms with Gasteiger partial charge >= 0.3 is 0 Å². The maximum Gasteiger partial charge on any atom is 0.275 e. The highest BCUT2D eigenvalue weighted by Gasteiger charge is 2.13. The van der Waals surface area contributed by atoms with E-state index in [1.807, 2.05) is 6.07 Å². The first-order valence-electron chi connectivity index (χ1n) is 7.10. The molecular formula is C14H20BrN3O3. The quantitative estimate of drug-likeness (QED) is 0.460. The van der Waals surface area contributed by atoms with E-state index < -0.39 is 0 Å². The number of nitrogens with one attached hydrogen (secondary N) is 1. The van der Waals surface area contributed by atoms with Gasteiger partial charge in [0, 0.05) is 35.7 Å². The molecule has 1 saturated heterocycles. The second kappa shape index (κ2) is 8.43. The monoisotopic (exact) mass is 357 g/mol. The van der Waals surface area contributed by atoms with Crippen molar-refractivity contribution in [3.8, 4) is 0 Å². The minimum Gasteiger partial charge on any atom is -0.379 e. The number of nitro groups is 1. The highest BCUT2D eigenvalue weighted by Crippen LogP contribution is 2.23. The summed E-state index contributed by atoms with van der Waals surface area (Å²) in [6.07, 6.45) is 1.03. The molecule has 0 unspecified atom stereocenters. The number of rotatable bonds is 7. The van der Waals surface area contributed by atoms with Crippen LogP contribution in [0.4, 0.5) is 5.69 Å². The molecule has 0 saturated carbocycles. The molecular weight excluding hydrogens is 338 g/mol. The van der Waals surface area contributed by atoms with E-state index in [2.05, 4.69) is 26.1 Å². The Hall–Kier alpha value is -1.02. The Morgan fingerprint density at radius 1 is 1.38 bits per heavy atom. The van der Waals surface area contributed by atoms with E-state index in [1.54, 1.807) is 12.1 Å². The van der Waals surface area contributed by atoms with Crippen molar-refractivity contribution in [1.82, 2.24) is 10.2 Å². The fourth-order valence-electron chi connectivity index (χ4n) is 2.33. The summed E-state index contributed by atoms with van der Waals surface area (Å²) in [4.78, 5) is 13.1. The molecule has 2 rings (SSSR count). The topological polar surface area (TPSA) is 67.6 Å². The Kier molecular flexibility index (Phi) is 6.56. The van der Waals surface area contributed by atoms with Gasteiger partial charge in [-0.25, -0.2) is 0 Å². The minimum absolute atomic E-state index is 0.157. The normalized spacial score (nSPS) is 16.0. The highest BCUT2D eigenvalue weighted by molar-refractivity contribution is 9.10. The van der Waals surface area contributed by atoms with E-state index in [1.165, 1.54) is 0 Å². The molecule has 7 heteroatoms. The predicted octanol–water partition coefficient (Wildman–Crippen LogP) is 2.17. The highest BCUT2D eigenvalue weighted by atomic mass is 79.9. The van der Waals surface area contributed by atoms with Crippen LogP contribution in [-0.2, 0) is 11.3 Å². The number of benzene rings is 1. The number of nitro benzene ring substituents is 1. The lowest BCUT2D eigenvalue weighted by atomic mass is 10.2. The number of nitrogens with zero attached hydrogens (tertiary/aromatic N) is 2. The lowest BCUT2D eigenvalue weighted by molar-refractivity contribution is -0.385. The van der Waals surface area contributed by atoms with Gasteiger partial charge < -0.3 is 10.1 Å². The van der Waals surface area contributed by atoms with Crippen molar-refractivity contribution in [3.63, 3.8) is 0 Å². The Balaban J connectivity index is 1.72. The maximum absolute atomic E-state index is 11.0. The summed E-state index contributed by atoms with van der Waals surface area (Å²) in [6.45, 7) is 6.05. The van der Waals surface area contributed by atoms with E-state index >= 15 is 0 Å². The predicted molar refractivity (Wildman–Crippen MR) is 84.4 cm³/mol. The molecule has 1 aromatic rings. The van der Waals surface area contributed by atoms with Crippen LogP contribution in [0, 0.1) is 10.1 Å². The summed E-state index contributed by atoms with van der Waals surface area (Å²) in [7, 11) is 0. The number of morpholine rings is 1. The van der Waals surface area contributed by atoms with Gasteiger partial charge in [0.15, 0.2) is 0 Å². The zero-order valence-corrected chi connectivity index (χ0v) is 13.5. The fourth-order valence-corrected chi connectivity index (χ4v) is 2.68. The number of ether oxygens (including phenoxy) is 1. The van der Waals surface area contributed by atoms with Crippen molar-refractivity contribution < 1.29 is 9.66 Å². The summed E-state index contributed by atoms with van der Waals surface area (Å²) >= 11 is 3.26. The van der Waals surface area contributed by atoms with Crippen LogP contribution in [0.5, 0.6) is 0 Å². The molecule has 0 spiro atoms. The van der Waals surface area contributed by atoms with Crippen LogP contribution >= 0.6 is 15.9 Å². The molecule has 1 N–H and O–H groups in total. The van der Waals surface area contributed by atoms with Gasteiger partial charge in [-0.3, -0.25) is 15.0 Å². The van der Waals surface area contributed by atoms with E-state index in [-0.39, 0.29) is 10.6 Å². The molecule has 1 heterocycles. The Morgan fingerprint density at radius 2 is 2.14 bits per heavy atom. The van der Waals surface area contributed by atoms with Crippen LogP contribution in [0.25, 0.3) is 0 Å². The molecule has 0 amide bonds. The van der Waals surface area contributed by atoms with Gasteiger partial charge in [-0.05, 0) is 31.6 Å². The molecule has 1 aromatic carbocycles. The summed E-state index contributed by atoms with van der Waals surface area (Å²) in [6, 6.07) is 5.17. The summed E-state index contributed by atoms with van der Waals surface area (Å²) in [5.41, 5.74) is 0.875. The third-order valence-electron chi connectivity index (χ3n) is 3.49. The first kappa shape index (κ1) is 16.4. The van der Waals surface area contributed by atoms with Crippen molar-refractivity contribution >= 4 is 21.6 Å². The molecule has 0 radical (unpaired) electrons. The standard InChI is InChI=1S/C14H20BrN3O3/c15-13-3-2-12(14(10-13)18(19)20)11-16-4-1-5-17-6-8-21-9-7-17/h2-3,10,16H,1,4-9,11H2. The Bertz CT molecular complexity index is 479. The van der Waals surface area contributed by atoms with Gasteiger partial charge in [-0.1, -0.05) is 15.9 Å². The number of hydrogen-bond acceptors (Lipinski definition) is 5. The van der Waals surface area contributed by atoms with Gasteiger partial charge in [0.1, 0.15) is 0 Å². The van der Waals surface area contributed by atoms with Crippen molar-refractivity contribution in [1.29, 1.82) is 0 Å². The lowest BCUT2D eigenvalue weighted by Crippen LogP contribution is -2.37. The van der Waals surface area contributed by atoms with Crippen LogP contribution in [-0.4, -0.2) is 49.2 Å². The summed E-state index contributed by atoms with van der Waals surface area (Å²) in [5.74, 6) is 0. The average molecular weight is 358 g/mol. The maximum atomic E-state index is 11.0. The summed E-state index contributed by atoms with van der Waals surface area (Å²) in [5, 5.41) is 14.3. The van der Waals surface area contributed by atoms with Crippen LogP contribution in [0.15, 0.2) is 22.7 Å². The molecule has 1 aliphatic rings. The van der Waals surface area contributed by atoms with Gasteiger partial charge in [0.05, 0.1) is 18.1 Å². The van der Waals surface area contributed by atoms with Gasteiger partial charge in [0.2, 0.25) is 0 Å². The molecule has 0 atom stereocenters. The van der Waals surface area contributed by atoms with Crippen molar-refractivity contribution in [2.24, 2.45) is 0 Å². The third-order valence-corrected chi connectivity index (χ3v) is 3.98. The summed E-state index contributed by atoms with van der Waals surface area (Å²) < 4.78 is 6.03. The third kappa shape index (κ3) is 5.35. The molecule has 1 aliphatic heterocycles. The number of halogens is 1. The van der Waals surface area contributed by atoms with Crippen LogP contribution in [0.2, 0.25) is 0 Å². The molecule has 6 nitrogen and oxygen atoms in total. The van der Waals surface area contributed by atoms with Gasteiger partial charge in [0.25, 0.3) is 5.69 Å². The van der Waals surface area contributed by atoms with Crippen LogP contribution in [0.3, 0.4) is 0 Å². The molecule has 1 fully saturated rings. The first-order chi connectivity index (χ1) is 10.2. The molecule has 0 aliphatic carbocycles. The Labute approximate surface area is 132 Å². The largest absolute Gasteiger partial charge is 0.379 e. The molecule has 0 bridgehead atoms. The van der Waals surface area contributed by atoms with Crippen LogP contribution < -0.4 is 5.32 Å². The lowest BCUT2D eigenvalue weighted by Gasteiger charge is -2.26. The minimum atomic E-state index is -0.338. The zero-order valence-electron chi connectivity index (χ0n) is 11.9. The molecule has 116 valence electrons. The van der Waals surface area contributed by atoms with Crippen molar-refractivity contribution in [2.75, 3.05) is 39.4 Å². The Morgan fingerprint density at radius 3 is 2.86 bits per heavy atom. The van der Waals surface area contributed by atoms with Crippen LogP contribution in [0.1, 0.15) is 12.0 Å². The van der Waals surface area contributed by atoms with Crippen molar-refractivity contribution in [3.05, 3.63) is 38.3 Å². The van der Waals surface area contributed by atoms with Gasteiger partial charge in [-0.15, -0.1) is 0 Å². The van der Waals surface area contributed by atoms with E-state index in [0.717, 1.165) is 55.8 Å². The van der Waals surface area contributed by atoms with E-state index in [4.69, 9.17) is 4.74 Å². The average Bonchev–Trinajstić information content (AvgIpc) is 2.49.